The summed E-state index contributed by atoms with van der Waals surface area (Å²) in [5, 5.41) is 8.15. The molecule has 0 aliphatic rings. The van der Waals surface area contributed by atoms with Crippen molar-refractivity contribution in [2.24, 2.45) is 5.10 Å². The number of hydrogen-bond donors (Lipinski definition) is 1. The van der Waals surface area contributed by atoms with Crippen molar-refractivity contribution in [3.63, 3.8) is 0 Å². The van der Waals surface area contributed by atoms with Crippen molar-refractivity contribution in [2.45, 2.75) is 13.2 Å². The molecule has 0 saturated carbocycles. The van der Waals surface area contributed by atoms with Crippen molar-refractivity contribution in [3.8, 4) is 5.75 Å². The van der Waals surface area contributed by atoms with Gasteiger partial charge in [0, 0.05) is 6.20 Å². The standard InChI is InChI=1S/C23H19BrN4O3/c24-19-13-26-28(14-19)15-21-10-11-22(31-21)23(29)27-25-12-17-6-8-20(9-7-17)30-16-18-4-2-1-3-5-18/h1-14H,15-16H2,(H,27,29). The van der Waals surface area contributed by atoms with Gasteiger partial charge in [-0.1, -0.05) is 30.3 Å². The molecule has 4 aromatic rings. The molecule has 8 heteroatoms. The first kappa shape index (κ1) is 20.6. The molecule has 0 atom stereocenters. The molecule has 7 nitrogen and oxygen atoms in total. The van der Waals surface area contributed by atoms with Gasteiger partial charge in [-0.15, -0.1) is 0 Å². The molecular weight excluding hydrogens is 460 g/mol. The number of hydrogen-bond acceptors (Lipinski definition) is 5. The minimum absolute atomic E-state index is 0.183. The van der Waals surface area contributed by atoms with E-state index in [9.17, 15) is 4.79 Å². The number of ether oxygens (including phenoxy) is 1. The van der Waals surface area contributed by atoms with Crippen LogP contribution in [-0.4, -0.2) is 21.9 Å². The second-order valence-corrected chi connectivity index (χ2v) is 7.58. The monoisotopic (exact) mass is 478 g/mol. The van der Waals surface area contributed by atoms with E-state index in [0.29, 0.717) is 18.9 Å². The van der Waals surface area contributed by atoms with E-state index in [0.717, 1.165) is 21.3 Å². The summed E-state index contributed by atoms with van der Waals surface area (Å²) in [6.07, 6.45) is 5.07. The number of amides is 1. The summed E-state index contributed by atoms with van der Waals surface area (Å²) in [6, 6.07) is 20.8. The molecule has 0 radical (unpaired) electrons. The molecule has 156 valence electrons. The van der Waals surface area contributed by atoms with Crippen LogP contribution in [0.5, 0.6) is 5.75 Å². The predicted molar refractivity (Wildman–Crippen MR) is 120 cm³/mol. The van der Waals surface area contributed by atoms with Crippen molar-refractivity contribution >= 4 is 28.1 Å². The molecule has 1 N–H and O–H groups in total. The van der Waals surface area contributed by atoms with Crippen molar-refractivity contribution in [1.82, 2.24) is 15.2 Å². The maximum atomic E-state index is 12.2. The number of furan rings is 1. The largest absolute Gasteiger partial charge is 0.489 e. The molecule has 2 aromatic heterocycles. The molecule has 4 rings (SSSR count). The molecular formula is C23H19BrN4O3. The topological polar surface area (TPSA) is 81.6 Å². The third-order valence-corrected chi connectivity index (χ3v) is 4.72. The Morgan fingerprint density at radius 2 is 1.94 bits per heavy atom. The molecule has 31 heavy (non-hydrogen) atoms. The van der Waals surface area contributed by atoms with E-state index in [1.165, 1.54) is 0 Å². The molecule has 0 bridgehead atoms. The van der Waals surface area contributed by atoms with Gasteiger partial charge in [0.1, 0.15) is 18.1 Å². The zero-order chi connectivity index (χ0) is 21.5. The zero-order valence-corrected chi connectivity index (χ0v) is 18.0. The third-order valence-electron chi connectivity index (χ3n) is 4.31. The summed E-state index contributed by atoms with van der Waals surface area (Å²) >= 11 is 3.34. The van der Waals surface area contributed by atoms with Gasteiger partial charge in [0.25, 0.3) is 0 Å². The van der Waals surface area contributed by atoms with E-state index in [-0.39, 0.29) is 5.76 Å². The summed E-state index contributed by atoms with van der Waals surface area (Å²) in [5.41, 5.74) is 4.40. The molecule has 1 amide bonds. The predicted octanol–water partition coefficient (Wildman–Crippen LogP) is 4.63. The fraction of sp³-hybridized carbons (Fsp3) is 0.0870. The van der Waals surface area contributed by atoms with Gasteiger partial charge in [-0.3, -0.25) is 9.48 Å². The SMILES string of the molecule is O=C(NN=Cc1ccc(OCc2ccccc2)cc1)c1ccc(Cn2cc(Br)cn2)o1. The van der Waals surface area contributed by atoms with Crippen LogP contribution in [-0.2, 0) is 13.2 Å². The van der Waals surface area contributed by atoms with Gasteiger partial charge >= 0.3 is 5.91 Å². The summed E-state index contributed by atoms with van der Waals surface area (Å²) in [4.78, 5) is 12.2. The van der Waals surface area contributed by atoms with Crippen LogP contribution in [0.1, 0.15) is 27.4 Å². The van der Waals surface area contributed by atoms with Crippen molar-refractivity contribution < 1.29 is 13.9 Å². The van der Waals surface area contributed by atoms with Crippen molar-refractivity contribution in [1.29, 1.82) is 0 Å². The molecule has 0 saturated heterocycles. The Kier molecular flexibility index (Phi) is 6.59. The zero-order valence-electron chi connectivity index (χ0n) is 16.4. The van der Waals surface area contributed by atoms with Crippen LogP contribution >= 0.6 is 15.9 Å². The van der Waals surface area contributed by atoms with Gasteiger partial charge in [0.2, 0.25) is 0 Å². The number of aromatic nitrogens is 2. The van der Waals surface area contributed by atoms with Gasteiger partial charge < -0.3 is 9.15 Å². The van der Waals surface area contributed by atoms with E-state index in [4.69, 9.17) is 9.15 Å². The second-order valence-electron chi connectivity index (χ2n) is 6.66. The fourth-order valence-corrected chi connectivity index (χ4v) is 3.11. The van der Waals surface area contributed by atoms with E-state index in [1.807, 2.05) is 60.8 Å². The van der Waals surface area contributed by atoms with Crippen LogP contribution < -0.4 is 10.2 Å². The fourth-order valence-electron chi connectivity index (χ4n) is 2.78. The summed E-state index contributed by atoms with van der Waals surface area (Å²) in [6.45, 7) is 0.938. The number of nitrogens with one attached hydrogen (secondary N) is 1. The molecule has 0 aliphatic heterocycles. The van der Waals surface area contributed by atoms with Gasteiger partial charge in [-0.25, -0.2) is 5.43 Å². The Morgan fingerprint density at radius 1 is 1.13 bits per heavy atom. The van der Waals surface area contributed by atoms with E-state index in [2.05, 4.69) is 31.6 Å². The van der Waals surface area contributed by atoms with Crippen LogP contribution in [0.25, 0.3) is 0 Å². The number of benzene rings is 2. The molecule has 0 fully saturated rings. The number of nitrogens with zero attached hydrogens (tertiary/aromatic N) is 3. The lowest BCUT2D eigenvalue weighted by Crippen LogP contribution is -2.16. The first-order chi connectivity index (χ1) is 15.2. The van der Waals surface area contributed by atoms with Crippen LogP contribution in [0.4, 0.5) is 0 Å². The summed E-state index contributed by atoms with van der Waals surface area (Å²) < 4.78 is 13.9. The molecule has 0 spiro atoms. The first-order valence-corrected chi connectivity index (χ1v) is 10.3. The minimum atomic E-state index is -0.424. The summed E-state index contributed by atoms with van der Waals surface area (Å²) in [5.74, 6) is 1.14. The van der Waals surface area contributed by atoms with Gasteiger partial charge in [0.05, 0.1) is 23.4 Å². The molecule has 2 aromatic carbocycles. The van der Waals surface area contributed by atoms with Crippen LogP contribution in [0.3, 0.4) is 0 Å². The van der Waals surface area contributed by atoms with Crippen molar-refractivity contribution in [2.75, 3.05) is 0 Å². The van der Waals surface area contributed by atoms with E-state index >= 15 is 0 Å². The Balaban J connectivity index is 1.26. The Bertz CT molecular complexity index is 1170. The number of carbonyl (C=O) groups excluding carboxylic acids is 1. The maximum Gasteiger partial charge on any atom is 0.307 e. The Hall–Kier alpha value is -3.65. The maximum absolute atomic E-state index is 12.2. The third kappa shape index (κ3) is 5.93. The van der Waals surface area contributed by atoms with Gasteiger partial charge in [-0.05, 0) is 63.5 Å². The molecule has 2 heterocycles. The van der Waals surface area contributed by atoms with Crippen molar-refractivity contribution in [3.05, 3.63) is 106 Å². The minimum Gasteiger partial charge on any atom is -0.489 e. The first-order valence-electron chi connectivity index (χ1n) is 9.52. The molecule has 0 unspecified atom stereocenters. The normalized spacial score (nSPS) is 11.0. The van der Waals surface area contributed by atoms with Crippen LogP contribution in [0.15, 0.2) is 93.1 Å². The lowest BCUT2D eigenvalue weighted by atomic mass is 10.2. The highest BCUT2D eigenvalue weighted by Gasteiger charge is 2.11. The molecule has 0 aliphatic carbocycles. The quantitative estimate of drug-likeness (QED) is 0.295. The number of halogens is 1. The number of carbonyl (C=O) groups is 1. The van der Waals surface area contributed by atoms with Gasteiger partial charge in [0.15, 0.2) is 5.76 Å². The highest BCUT2D eigenvalue weighted by molar-refractivity contribution is 9.10. The lowest BCUT2D eigenvalue weighted by Gasteiger charge is -2.06. The van der Waals surface area contributed by atoms with E-state index < -0.39 is 5.91 Å². The van der Waals surface area contributed by atoms with E-state index in [1.54, 1.807) is 29.2 Å². The summed E-state index contributed by atoms with van der Waals surface area (Å²) in [7, 11) is 0. The average Bonchev–Trinajstić information content (AvgIpc) is 3.43. The Labute approximate surface area is 187 Å². The Morgan fingerprint density at radius 3 is 2.68 bits per heavy atom. The number of rotatable bonds is 8. The smallest absolute Gasteiger partial charge is 0.307 e. The van der Waals surface area contributed by atoms with Gasteiger partial charge in [-0.2, -0.15) is 10.2 Å². The van der Waals surface area contributed by atoms with Crippen LogP contribution in [0, 0.1) is 0 Å². The van der Waals surface area contributed by atoms with Crippen LogP contribution in [0.2, 0.25) is 0 Å². The highest BCUT2D eigenvalue weighted by Crippen LogP contribution is 2.14. The lowest BCUT2D eigenvalue weighted by molar-refractivity contribution is 0.0925. The second kappa shape index (κ2) is 9.90. The average molecular weight is 479 g/mol. The highest BCUT2D eigenvalue weighted by atomic mass is 79.9. The number of hydrazone groups is 1.